The van der Waals surface area contributed by atoms with E-state index in [1.54, 1.807) is 0 Å². The molecule has 0 fully saturated rings. The fraction of sp³-hybridized carbons (Fsp3) is 0.533. The number of carbonyl (C=O) groups is 1. The van der Waals surface area contributed by atoms with Gasteiger partial charge in [0.25, 0.3) is 0 Å². The molecule has 0 saturated carbocycles. The van der Waals surface area contributed by atoms with Gasteiger partial charge in [0.15, 0.2) is 0 Å². The molecule has 0 spiro atoms. The van der Waals surface area contributed by atoms with Gasteiger partial charge in [-0.3, -0.25) is 9.69 Å². The van der Waals surface area contributed by atoms with E-state index in [4.69, 9.17) is 11.6 Å². The second kappa shape index (κ2) is 8.18. The molecule has 1 rings (SSSR count). The molecule has 0 unspecified atom stereocenters. The van der Waals surface area contributed by atoms with E-state index in [9.17, 15) is 4.79 Å². The van der Waals surface area contributed by atoms with Gasteiger partial charge in [-0.1, -0.05) is 50.6 Å². The van der Waals surface area contributed by atoms with E-state index in [0.717, 1.165) is 23.7 Å². The molecule has 0 radical (unpaired) electrons. The molecule has 4 heteroatoms. The molecule has 0 bridgehead atoms. The van der Waals surface area contributed by atoms with Gasteiger partial charge in [0.2, 0.25) is 5.91 Å². The lowest BCUT2D eigenvalue weighted by Crippen LogP contribution is -2.38. The van der Waals surface area contributed by atoms with Crippen LogP contribution in [-0.2, 0) is 4.79 Å². The minimum atomic E-state index is 0.0733. The monoisotopic (exact) mass is 282 g/mol. The third-order valence-corrected chi connectivity index (χ3v) is 3.68. The Kier molecular flexibility index (Phi) is 6.89. The van der Waals surface area contributed by atoms with Crippen LogP contribution >= 0.6 is 11.6 Å². The Bertz CT molecular complexity index is 405. The number of halogens is 1. The molecule has 1 N–H and O–H groups in total. The number of likely N-dealkylation sites (N-methyl/N-ethyl adjacent to an activating group) is 1. The van der Waals surface area contributed by atoms with Gasteiger partial charge in [-0.2, -0.15) is 0 Å². The smallest absolute Gasteiger partial charge is 0.219 e. The van der Waals surface area contributed by atoms with Gasteiger partial charge < -0.3 is 5.32 Å². The third kappa shape index (κ3) is 4.51. The normalized spacial score (nSPS) is 12.5. The molecule has 1 atom stereocenters. The van der Waals surface area contributed by atoms with Crippen LogP contribution in [0.15, 0.2) is 24.3 Å². The lowest BCUT2D eigenvalue weighted by atomic mass is 10.0. The van der Waals surface area contributed by atoms with Crippen molar-refractivity contribution in [2.24, 2.45) is 0 Å². The van der Waals surface area contributed by atoms with E-state index in [1.807, 2.05) is 31.2 Å². The van der Waals surface area contributed by atoms with E-state index in [1.165, 1.54) is 0 Å². The number of hydrogen-bond acceptors (Lipinski definition) is 2. The van der Waals surface area contributed by atoms with Crippen LogP contribution in [-0.4, -0.2) is 30.4 Å². The molecule has 1 aromatic carbocycles. The summed E-state index contributed by atoms with van der Waals surface area (Å²) in [6.07, 6.45) is 0.507. The quantitative estimate of drug-likeness (QED) is 0.833. The lowest BCUT2D eigenvalue weighted by Gasteiger charge is -2.30. The molecule has 0 aliphatic rings. The Hall–Kier alpha value is -1.06. The first-order valence-electron chi connectivity index (χ1n) is 6.89. The first-order valence-corrected chi connectivity index (χ1v) is 7.26. The van der Waals surface area contributed by atoms with Crippen molar-refractivity contribution in [2.75, 3.05) is 19.6 Å². The summed E-state index contributed by atoms with van der Waals surface area (Å²) in [5.74, 6) is 0.0733. The Morgan fingerprint density at radius 3 is 2.42 bits per heavy atom. The van der Waals surface area contributed by atoms with Crippen molar-refractivity contribution in [1.82, 2.24) is 10.2 Å². The van der Waals surface area contributed by atoms with Gasteiger partial charge in [0, 0.05) is 18.0 Å². The van der Waals surface area contributed by atoms with Crippen LogP contribution in [0.5, 0.6) is 0 Å². The average molecular weight is 283 g/mol. The van der Waals surface area contributed by atoms with Crippen LogP contribution in [0.4, 0.5) is 0 Å². The first-order chi connectivity index (χ1) is 9.13. The number of nitrogens with zero attached hydrogens (tertiary/aromatic N) is 1. The van der Waals surface area contributed by atoms with Crippen LogP contribution in [0.2, 0.25) is 5.02 Å². The Morgan fingerprint density at radius 2 is 1.89 bits per heavy atom. The minimum absolute atomic E-state index is 0.0733. The number of rotatable bonds is 7. The topological polar surface area (TPSA) is 32.3 Å². The van der Waals surface area contributed by atoms with Crippen LogP contribution in [0.1, 0.15) is 38.8 Å². The standard InChI is InChI=1S/C15H23ClN2O/c1-4-15(19)17-11-14(18(5-2)6-3)12-9-7-8-10-13(12)16/h7-10,14H,4-6,11H2,1-3H3,(H,17,19)/t14-/m0/s1. The summed E-state index contributed by atoms with van der Waals surface area (Å²) in [5, 5.41) is 3.72. The van der Waals surface area contributed by atoms with Gasteiger partial charge >= 0.3 is 0 Å². The predicted octanol–water partition coefficient (Wildman–Crippen LogP) is 3.25. The van der Waals surface area contributed by atoms with E-state index in [2.05, 4.69) is 24.1 Å². The molecular formula is C15H23ClN2O. The predicted molar refractivity (Wildman–Crippen MR) is 80.4 cm³/mol. The summed E-state index contributed by atoms with van der Waals surface area (Å²) in [7, 11) is 0. The number of nitrogens with one attached hydrogen (secondary N) is 1. The van der Waals surface area contributed by atoms with Gasteiger partial charge in [-0.25, -0.2) is 0 Å². The molecule has 106 valence electrons. The SMILES string of the molecule is CCC(=O)NC[C@@H](c1ccccc1Cl)N(CC)CC. The molecule has 19 heavy (non-hydrogen) atoms. The van der Waals surface area contributed by atoms with E-state index in [0.29, 0.717) is 13.0 Å². The van der Waals surface area contributed by atoms with Crippen molar-refractivity contribution >= 4 is 17.5 Å². The van der Waals surface area contributed by atoms with E-state index >= 15 is 0 Å². The van der Waals surface area contributed by atoms with Gasteiger partial charge in [-0.05, 0) is 24.7 Å². The molecule has 3 nitrogen and oxygen atoms in total. The highest BCUT2D eigenvalue weighted by molar-refractivity contribution is 6.31. The zero-order valence-electron chi connectivity index (χ0n) is 11.9. The molecule has 1 aromatic rings. The maximum atomic E-state index is 11.5. The number of hydrogen-bond donors (Lipinski definition) is 1. The molecule has 0 aliphatic heterocycles. The van der Waals surface area contributed by atoms with E-state index < -0.39 is 0 Å². The number of amides is 1. The molecule has 1 amide bonds. The minimum Gasteiger partial charge on any atom is -0.354 e. The molecule has 0 aliphatic carbocycles. The molecule has 0 aromatic heterocycles. The first kappa shape index (κ1) is 16.0. The van der Waals surface area contributed by atoms with Gasteiger partial charge in [-0.15, -0.1) is 0 Å². The van der Waals surface area contributed by atoms with Gasteiger partial charge in [0.1, 0.15) is 0 Å². The van der Waals surface area contributed by atoms with Crippen LogP contribution in [0.3, 0.4) is 0 Å². The largest absolute Gasteiger partial charge is 0.354 e. The summed E-state index contributed by atoms with van der Waals surface area (Å²) in [6.45, 7) is 8.54. The highest BCUT2D eigenvalue weighted by Gasteiger charge is 2.20. The maximum Gasteiger partial charge on any atom is 0.219 e. The highest BCUT2D eigenvalue weighted by atomic mass is 35.5. The zero-order valence-corrected chi connectivity index (χ0v) is 12.7. The van der Waals surface area contributed by atoms with E-state index in [-0.39, 0.29) is 11.9 Å². The second-order valence-electron chi connectivity index (χ2n) is 4.42. The summed E-state index contributed by atoms with van der Waals surface area (Å²) in [6, 6.07) is 7.97. The Morgan fingerprint density at radius 1 is 1.26 bits per heavy atom. The Balaban J connectivity index is 2.92. The summed E-state index contributed by atoms with van der Waals surface area (Å²) in [4.78, 5) is 13.8. The second-order valence-corrected chi connectivity index (χ2v) is 4.82. The van der Waals surface area contributed by atoms with Crippen molar-refractivity contribution in [1.29, 1.82) is 0 Å². The summed E-state index contributed by atoms with van der Waals surface area (Å²) >= 11 is 6.29. The Labute approximate surface area is 120 Å². The van der Waals surface area contributed by atoms with Crippen molar-refractivity contribution in [3.63, 3.8) is 0 Å². The third-order valence-electron chi connectivity index (χ3n) is 3.33. The fourth-order valence-electron chi connectivity index (χ4n) is 2.18. The highest BCUT2D eigenvalue weighted by Crippen LogP contribution is 2.26. The van der Waals surface area contributed by atoms with Gasteiger partial charge in [0.05, 0.1) is 6.04 Å². The van der Waals surface area contributed by atoms with Crippen molar-refractivity contribution in [3.8, 4) is 0 Å². The summed E-state index contributed by atoms with van der Waals surface area (Å²) in [5.41, 5.74) is 1.07. The lowest BCUT2D eigenvalue weighted by molar-refractivity contribution is -0.121. The van der Waals surface area contributed by atoms with Crippen LogP contribution in [0.25, 0.3) is 0 Å². The maximum absolute atomic E-state index is 11.5. The van der Waals surface area contributed by atoms with Crippen molar-refractivity contribution in [3.05, 3.63) is 34.9 Å². The average Bonchev–Trinajstić information content (AvgIpc) is 2.44. The molecular weight excluding hydrogens is 260 g/mol. The number of carbonyl (C=O) groups excluding carboxylic acids is 1. The summed E-state index contributed by atoms with van der Waals surface area (Å²) < 4.78 is 0. The molecule has 0 saturated heterocycles. The van der Waals surface area contributed by atoms with Crippen LogP contribution < -0.4 is 5.32 Å². The fourth-order valence-corrected chi connectivity index (χ4v) is 2.44. The van der Waals surface area contributed by atoms with Crippen molar-refractivity contribution in [2.45, 2.75) is 33.2 Å². The van der Waals surface area contributed by atoms with Crippen molar-refractivity contribution < 1.29 is 4.79 Å². The van der Waals surface area contributed by atoms with Crippen LogP contribution in [0, 0.1) is 0 Å². The number of benzene rings is 1. The molecule has 0 heterocycles. The zero-order chi connectivity index (χ0) is 14.3.